The normalized spacial score (nSPS) is 10.2. The number of hydrogen-bond donors (Lipinski definition) is 3. The zero-order valence-corrected chi connectivity index (χ0v) is 9.94. The molecular weight excluding hydrogens is 254 g/mol. The molecule has 1 aromatic rings. The third-order valence-electron chi connectivity index (χ3n) is 1.92. The monoisotopic (exact) mass is 267 g/mol. The van der Waals surface area contributed by atoms with Gasteiger partial charge in [0.05, 0.1) is 19.6 Å². The van der Waals surface area contributed by atoms with Crippen LogP contribution in [0.15, 0.2) is 18.5 Å². The van der Waals surface area contributed by atoms with Crippen molar-refractivity contribution in [3.63, 3.8) is 0 Å². The number of aliphatic carboxylic acids is 1. The number of nitrogens with two attached hydrogens (primary N) is 1. The second-order valence-corrected chi connectivity index (χ2v) is 3.63. The molecule has 0 saturated carbocycles. The van der Waals surface area contributed by atoms with Crippen LogP contribution in [0.5, 0.6) is 0 Å². The number of primary amides is 1. The zero-order chi connectivity index (χ0) is 14.3. The Hall–Kier alpha value is -2.55. The predicted molar refractivity (Wildman–Crippen MR) is 63.9 cm³/mol. The largest absolute Gasteiger partial charge is 0.480 e. The molecule has 0 unspecified atom stereocenters. The van der Waals surface area contributed by atoms with E-state index in [9.17, 15) is 14.4 Å². The lowest BCUT2D eigenvalue weighted by molar-refractivity contribution is -0.138. The minimum absolute atomic E-state index is 0.0989. The van der Waals surface area contributed by atoms with E-state index < -0.39 is 24.3 Å². The van der Waals surface area contributed by atoms with Crippen LogP contribution in [-0.2, 0) is 14.4 Å². The predicted octanol–water partition coefficient (Wildman–Crippen LogP) is -1.71. The van der Waals surface area contributed by atoms with E-state index in [2.05, 4.69) is 15.3 Å². The van der Waals surface area contributed by atoms with Crippen LogP contribution in [0.4, 0.5) is 5.95 Å². The third-order valence-corrected chi connectivity index (χ3v) is 1.92. The molecule has 9 heteroatoms. The average molecular weight is 267 g/mol. The van der Waals surface area contributed by atoms with Gasteiger partial charge in [0.25, 0.3) is 0 Å². The summed E-state index contributed by atoms with van der Waals surface area (Å²) in [5.41, 5.74) is 4.97. The molecule has 0 saturated heterocycles. The number of anilines is 1. The van der Waals surface area contributed by atoms with Crippen molar-refractivity contribution in [3.8, 4) is 0 Å². The van der Waals surface area contributed by atoms with Crippen LogP contribution in [0.1, 0.15) is 0 Å². The summed E-state index contributed by atoms with van der Waals surface area (Å²) in [5, 5.41) is 11.0. The van der Waals surface area contributed by atoms with Crippen LogP contribution in [0.3, 0.4) is 0 Å². The van der Waals surface area contributed by atoms with Gasteiger partial charge in [-0.05, 0) is 6.07 Å². The molecule has 102 valence electrons. The van der Waals surface area contributed by atoms with E-state index in [1.54, 1.807) is 6.07 Å². The molecular formula is C10H13N5O4. The van der Waals surface area contributed by atoms with E-state index in [4.69, 9.17) is 10.8 Å². The van der Waals surface area contributed by atoms with Gasteiger partial charge >= 0.3 is 5.97 Å². The highest BCUT2D eigenvalue weighted by atomic mass is 16.4. The summed E-state index contributed by atoms with van der Waals surface area (Å²) in [6.45, 7) is -1.09. The van der Waals surface area contributed by atoms with Crippen LogP contribution in [0.25, 0.3) is 0 Å². The third kappa shape index (κ3) is 6.07. The number of carboxylic acid groups (broad SMARTS) is 1. The highest BCUT2D eigenvalue weighted by Crippen LogP contribution is 1.95. The second-order valence-electron chi connectivity index (χ2n) is 3.63. The Kier molecular flexibility index (Phi) is 5.35. The molecule has 1 aromatic heterocycles. The number of nitrogens with one attached hydrogen (secondary N) is 1. The van der Waals surface area contributed by atoms with Crippen molar-refractivity contribution in [3.05, 3.63) is 18.5 Å². The maximum Gasteiger partial charge on any atom is 0.317 e. The summed E-state index contributed by atoms with van der Waals surface area (Å²) < 4.78 is 0. The zero-order valence-electron chi connectivity index (χ0n) is 9.94. The maximum atomic E-state index is 11.6. The molecule has 0 fully saturated rings. The van der Waals surface area contributed by atoms with Crippen LogP contribution in [0.2, 0.25) is 0 Å². The SMILES string of the molecule is NC(=O)CN(CC(=O)O)CC(=O)Nc1ncccn1. The second kappa shape index (κ2) is 7.01. The fraction of sp³-hybridized carbons (Fsp3) is 0.300. The summed E-state index contributed by atoms with van der Waals surface area (Å²) in [4.78, 5) is 41.6. The van der Waals surface area contributed by atoms with Crippen LogP contribution < -0.4 is 11.1 Å². The van der Waals surface area contributed by atoms with Gasteiger partial charge in [-0.2, -0.15) is 0 Å². The van der Waals surface area contributed by atoms with Crippen molar-refractivity contribution < 1.29 is 19.5 Å². The number of aromatic nitrogens is 2. The van der Waals surface area contributed by atoms with Crippen molar-refractivity contribution in [2.75, 3.05) is 25.0 Å². The van der Waals surface area contributed by atoms with Crippen LogP contribution in [0, 0.1) is 0 Å². The van der Waals surface area contributed by atoms with Crippen LogP contribution >= 0.6 is 0 Å². The summed E-state index contributed by atoms with van der Waals surface area (Å²) in [7, 11) is 0. The lowest BCUT2D eigenvalue weighted by atomic mass is 10.4. The summed E-state index contributed by atoms with van der Waals surface area (Å²) in [6.07, 6.45) is 2.89. The quantitative estimate of drug-likeness (QED) is 0.534. The van der Waals surface area contributed by atoms with Crippen LogP contribution in [-0.4, -0.2) is 57.4 Å². The molecule has 4 N–H and O–H groups in total. The van der Waals surface area contributed by atoms with E-state index >= 15 is 0 Å². The van der Waals surface area contributed by atoms with Crippen molar-refractivity contribution >= 4 is 23.7 Å². The van der Waals surface area contributed by atoms with Crippen molar-refractivity contribution in [1.29, 1.82) is 0 Å². The highest BCUT2D eigenvalue weighted by molar-refractivity contribution is 5.91. The van der Waals surface area contributed by atoms with Gasteiger partial charge < -0.3 is 10.8 Å². The van der Waals surface area contributed by atoms with Gasteiger partial charge in [-0.15, -0.1) is 0 Å². The minimum Gasteiger partial charge on any atom is -0.480 e. The molecule has 0 aliphatic carbocycles. The van der Waals surface area contributed by atoms with Gasteiger partial charge in [0.2, 0.25) is 17.8 Å². The molecule has 19 heavy (non-hydrogen) atoms. The van der Waals surface area contributed by atoms with Crippen molar-refractivity contribution in [1.82, 2.24) is 14.9 Å². The fourth-order valence-electron chi connectivity index (χ4n) is 1.31. The van der Waals surface area contributed by atoms with E-state index in [1.807, 2.05) is 0 Å². The Morgan fingerprint density at radius 2 is 1.84 bits per heavy atom. The topological polar surface area (TPSA) is 139 Å². The van der Waals surface area contributed by atoms with Gasteiger partial charge in [-0.3, -0.25) is 24.6 Å². The van der Waals surface area contributed by atoms with Gasteiger partial charge in [0.15, 0.2) is 0 Å². The first-order chi connectivity index (χ1) is 8.97. The van der Waals surface area contributed by atoms with E-state index in [-0.39, 0.29) is 19.0 Å². The molecule has 1 rings (SSSR count). The standard InChI is InChI=1S/C10H13N5O4/c11-7(16)4-15(6-9(18)19)5-8(17)14-10-12-2-1-3-13-10/h1-3H,4-6H2,(H2,11,16)(H,18,19)(H,12,13,14,17). The molecule has 0 spiro atoms. The Labute approximate surface area is 108 Å². The fourth-order valence-corrected chi connectivity index (χ4v) is 1.31. The smallest absolute Gasteiger partial charge is 0.317 e. The lowest BCUT2D eigenvalue weighted by Gasteiger charge is -2.17. The summed E-state index contributed by atoms with van der Waals surface area (Å²) >= 11 is 0. The molecule has 1 heterocycles. The molecule has 0 aromatic carbocycles. The maximum absolute atomic E-state index is 11.6. The molecule has 0 aliphatic heterocycles. The Morgan fingerprint density at radius 3 is 2.37 bits per heavy atom. The number of hydrogen-bond acceptors (Lipinski definition) is 6. The van der Waals surface area contributed by atoms with E-state index in [0.717, 1.165) is 4.90 Å². The average Bonchev–Trinajstić information content (AvgIpc) is 2.27. The number of carbonyl (C=O) groups excluding carboxylic acids is 2. The lowest BCUT2D eigenvalue weighted by Crippen LogP contribution is -2.42. The molecule has 9 nitrogen and oxygen atoms in total. The summed E-state index contributed by atoms with van der Waals surface area (Å²) in [6, 6.07) is 1.58. The Balaban J connectivity index is 2.55. The van der Waals surface area contributed by atoms with Crippen molar-refractivity contribution in [2.24, 2.45) is 5.73 Å². The Morgan fingerprint density at radius 1 is 1.21 bits per heavy atom. The molecule has 0 radical (unpaired) electrons. The minimum atomic E-state index is -1.16. The van der Waals surface area contributed by atoms with Gasteiger partial charge in [0, 0.05) is 12.4 Å². The number of carboxylic acids is 1. The first kappa shape index (κ1) is 14.5. The molecule has 0 bridgehead atoms. The highest BCUT2D eigenvalue weighted by Gasteiger charge is 2.16. The van der Waals surface area contributed by atoms with E-state index in [1.165, 1.54) is 12.4 Å². The van der Waals surface area contributed by atoms with Gasteiger partial charge in [-0.25, -0.2) is 9.97 Å². The number of amides is 2. The number of rotatable bonds is 7. The van der Waals surface area contributed by atoms with E-state index in [0.29, 0.717) is 0 Å². The molecule has 2 amide bonds. The first-order valence-electron chi connectivity index (χ1n) is 5.26. The van der Waals surface area contributed by atoms with Crippen molar-refractivity contribution in [2.45, 2.75) is 0 Å². The molecule has 0 atom stereocenters. The summed E-state index contributed by atoms with van der Waals surface area (Å²) in [5.74, 6) is -2.31. The van der Waals surface area contributed by atoms with Gasteiger partial charge in [0.1, 0.15) is 0 Å². The molecule has 0 aliphatic rings. The first-order valence-corrected chi connectivity index (χ1v) is 5.26. The Bertz CT molecular complexity index is 448. The van der Waals surface area contributed by atoms with Gasteiger partial charge in [-0.1, -0.05) is 0 Å². The number of carbonyl (C=O) groups is 3. The number of nitrogens with zero attached hydrogens (tertiary/aromatic N) is 3.